The van der Waals surface area contributed by atoms with Gasteiger partial charge in [0, 0.05) is 23.4 Å². The number of carbonyl (C=O) groups excluding carboxylic acids is 1. The van der Waals surface area contributed by atoms with Gasteiger partial charge in [0.05, 0.1) is 21.3 Å². The third-order valence-electron chi connectivity index (χ3n) is 2.95. The number of hydrogen-bond acceptors (Lipinski definition) is 5. The van der Waals surface area contributed by atoms with Gasteiger partial charge in [0.2, 0.25) is 5.75 Å². The maximum absolute atomic E-state index is 12.3. The van der Waals surface area contributed by atoms with Crippen molar-refractivity contribution in [3.05, 3.63) is 40.1 Å². The molecule has 6 nitrogen and oxygen atoms in total. The predicted molar refractivity (Wildman–Crippen MR) is 88.3 cm³/mol. The molecule has 2 rings (SSSR count). The summed E-state index contributed by atoms with van der Waals surface area (Å²) in [6.07, 6.45) is 0. The molecule has 1 amide bonds. The normalized spacial score (nSPS) is 10.1. The molecular weight excluding hydrogens is 343 g/mol. The van der Waals surface area contributed by atoms with E-state index >= 15 is 0 Å². The Balaban J connectivity index is 2.34. The summed E-state index contributed by atoms with van der Waals surface area (Å²) in [5, 5.41) is 2.98. The van der Waals surface area contributed by atoms with E-state index in [1.807, 2.05) is 0 Å². The quantitative estimate of drug-likeness (QED) is 0.827. The number of nitrogens with zero attached hydrogens (tertiary/aromatic N) is 1. The van der Waals surface area contributed by atoms with Gasteiger partial charge >= 0.3 is 0 Å². The van der Waals surface area contributed by atoms with Crippen molar-refractivity contribution in [1.82, 2.24) is 4.98 Å². The smallest absolute Gasteiger partial charge is 0.255 e. The highest BCUT2D eigenvalue weighted by atomic mass is 35.5. The summed E-state index contributed by atoms with van der Waals surface area (Å²) in [6, 6.07) is 6.06. The maximum atomic E-state index is 12.3. The minimum absolute atomic E-state index is 0.132. The molecule has 0 saturated carbocycles. The topological polar surface area (TPSA) is 69.7 Å². The number of nitrogens with one attached hydrogen (secondary N) is 1. The highest BCUT2D eigenvalue weighted by molar-refractivity contribution is 6.33. The van der Waals surface area contributed by atoms with Gasteiger partial charge in [-0.05, 0) is 12.1 Å². The summed E-state index contributed by atoms with van der Waals surface area (Å²) in [6.45, 7) is 0. The molecule has 1 heterocycles. The van der Waals surface area contributed by atoms with E-state index < -0.39 is 5.91 Å². The lowest BCUT2D eigenvalue weighted by Gasteiger charge is -2.14. The van der Waals surface area contributed by atoms with Gasteiger partial charge in [-0.2, -0.15) is 0 Å². The van der Waals surface area contributed by atoms with Crippen LogP contribution in [0.15, 0.2) is 24.3 Å². The molecular formula is C15H14Cl2N2O4. The average molecular weight is 357 g/mol. The van der Waals surface area contributed by atoms with Crippen LogP contribution in [-0.4, -0.2) is 32.2 Å². The molecule has 0 bridgehead atoms. The van der Waals surface area contributed by atoms with Gasteiger partial charge in [0.15, 0.2) is 11.5 Å². The lowest BCUT2D eigenvalue weighted by Crippen LogP contribution is -2.12. The van der Waals surface area contributed by atoms with Gasteiger partial charge in [-0.3, -0.25) is 4.79 Å². The minimum atomic E-state index is -0.398. The number of methoxy groups -OCH3 is 3. The second-order valence-corrected chi connectivity index (χ2v) is 5.14. The Morgan fingerprint density at radius 3 is 1.91 bits per heavy atom. The summed E-state index contributed by atoms with van der Waals surface area (Å²) < 4.78 is 15.7. The minimum Gasteiger partial charge on any atom is -0.493 e. The lowest BCUT2D eigenvalue weighted by molar-refractivity contribution is 0.102. The van der Waals surface area contributed by atoms with Crippen molar-refractivity contribution in [1.29, 1.82) is 0 Å². The van der Waals surface area contributed by atoms with Crippen molar-refractivity contribution in [2.45, 2.75) is 0 Å². The first-order valence-electron chi connectivity index (χ1n) is 6.43. The van der Waals surface area contributed by atoms with Crippen molar-refractivity contribution in [3.8, 4) is 17.2 Å². The summed E-state index contributed by atoms with van der Waals surface area (Å²) >= 11 is 11.6. The first-order valence-corrected chi connectivity index (χ1v) is 7.18. The Morgan fingerprint density at radius 1 is 0.957 bits per heavy atom. The molecule has 0 saturated heterocycles. The van der Waals surface area contributed by atoms with E-state index in [1.54, 1.807) is 12.1 Å². The van der Waals surface area contributed by atoms with Gasteiger partial charge in [-0.1, -0.05) is 23.2 Å². The van der Waals surface area contributed by atoms with Crippen LogP contribution in [0.2, 0.25) is 10.3 Å². The van der Waals surface area contributed by atoms with Crippen LogP contribution >= 0.6 is 23.2 Å². The van der Waals surface area contributed by atoms with E-state index in [4.69, 9.17) is 37.4 Å². The molecule has 23 heavy (non-hydrogen) atoms. The van der Waals surface area contributed by atoms with Gasteiger partial charge < -0.3 is 19.5 Å². The third-order valence-corrected chi connectivity index (χ3v) is 3.33. The van der Waals surface area contributed by atoms with Crippen LogP contribution in [-0.2, 0) is 0 Å². The fourth-order valence-corrected chi connectivity index (χ4v) is 2.41. The molecule has 122 valence electrons. The van der Waals surface area contributed by atoms with Crippen LogP contribution in [0.1, 0.15) is 10.4 Å². The van der Waals surface area contributed by atoms with Crippen LogP contribution < -0.4 is 19.5 Å². The fraction of sp³-hybridized carbons (Fsp3) is 0.200. The van der Waals surface area contributed by atoms with Crippen molar-refractivity contribution in [3.63, 3.8) is 0 Å². The van der Waals surface area contributed by atoms with Gasteiger partial charge in [-0.15, -0.1) is 0 Å². The summed E-state index contributed by atoms with van der Waals surface area (Å²) in [5.41, 5.74) is 0.748. The molecule has 8 heteroatoms. The zero-order valence-corrected chi connectivity index (χ0v) is 14.2. The SMILES string of the molecule is COc1cc(NC(=O)c2cc(Cl)nc(Cl)c2)cc(OC)c1OC. The van der Waals surface area contributed by atoms with Crippen LogP contribution in [0, 0.1) is 0 Å². The summed E-state index contributed by atoms with van der Waals surface area (Å²) in [4.78, 5) is 16.1. The number of ether oxygens (including phenoxy) is 3. The molecule has 0 aliphatic rings. The zero-order chi connectivity index (χ0) is 17.0. The van der Waals surface area contributed by atoms with Gasteiger partial charge in [0.25, 0.3) is 5.91 Å². The van der Waals surface area contributed by atoms with Crippen LogP contribution in [0.3, 0.4) is 0 Å². The van der Waals surface area contributed by atoms with E-state index in [1.165, 1.54) is 33.5 Å². The van der Waals surface area contributed by atoms with Gasteiger partial charge in [0.1, 0.15) is 10.3 Å². The molecule has 0 aliphatic carbocycles. The van der Waals surface area contributed by atoms with Crippen molar-refractivity contribution < 1.29 is 19.0 Å². The van der Waals surface area contributed by atoms with E-state index in [-0.39, 0.29) is 15.9 Å². The Morgan fingerprint density at radius 2 is 1.48 bits per heavy atom. The first-order chi connectivity index (χ1) is 11.0. The number of carbonyl (C=O) groups is 1. The number of pyridine rings is 1. The Hall–Kier alpha value is -2.18. The molecule has 0 atom stereocenters. The standard InChI is InChI=1S/C15H14Cl2N2O4/c1-21-10-6-9(7-11(22-2)14(10)23-3)18-15(20)8-4-12(16)19-13(17)5-8/h4-7H,1-3H3,(H,18,20). The number of benzene rings is 1. The number of aromatic nitrogens is 1. The average Bonchev–Trinajstić information content (AvgIpc) is 2.52. The molecule has 0 fully saturated rings. The molecule has 0 unspecified atom stereocenters. The second-order valence-electron chi connectivity index (χ2n) is 4.37. The number of amides is 1. The Kier molecular flexibility index (Phi) is 5.52. The van der Waals surface area contributed by atoms with Crippen molar-refractivity contribution in [2.24, 2.45) is 0 Å². The molecule has 2 aromatic rings. The maximum Gasteiger partial charge on any atom is 0.255 e. The number of hydrogen-bond donors (Lipinski definition) is 1. The highest BCUT2D eigenvalue weighted by Gasteiger charge is 2.15. The summed E-state index contributed by atoms with van der Waals surface area (Å²) in [5.74, 6) is 0.884. The molecule has 1 aromatic carbocycles. The lowest BCUT2D eigenvalue weighted by atomic mass is 10.2. The van der Waals surface area contributed by atoms with E-state index in [9.17, 15) is 4.79 Å². The fourth-order valence-electron chi connectivity index (χ4n) is 1.95. The zero-order valence-electron chi connectivity index (χ0n) is 12.6. The summed E-state index contributed by atoms with van der Waals surface area (Å²) in [7, 11) is 4.48. The van der Waals surface area contributed by atoms with Crippen LogP contribution in [0.5, 0.6) is 17.2 Å². The molecule has 1 N–H and O–H groups in total. The number of rotatable bonds is 5. The predicted octanol–water partition coefficient (Wildman–Crippen LogP) is 3.67. The van der Waals surface area contributed by atoms with Crippen molar-refractivity contribution >= 4 is 34.8 Å². The van der Waals surface area contributed by atoms with E-state index in [0.717, 1.165) is 0 Å². The van der Waals surface area contributed by atoms with Crippen LogP contribution in [0.4, 0.5) is 5.69 Å². The van der Waals surface area contributed by atoms with E-state index in [2.05, 4.69) is 10.3 Å². The number of halogens is 2. The monoisotopic (exact) mass is 356 g/mol. The highest BCUT2D eigenvalue weighted by Crippen LogP contribution is 2.40. The number of anilines is 1. The first kappa shape index (κ1) is 17.2. The Labute approximate surface area is 143 Å². The molecule has 0 spiro atoms. The Bertz CT molecular complexity index is 692. The third kappa shape index (κ3) is 3.97. The second kappa shape index (κ2) is 7.39. The van der Waals surface area contributed by atoms with Gasteiger partial charge in [-0.25, -0.2) is 4.98 Å². The molecule has 1 aromatic heterocycles. The molecule has 0 aliphatic heterocycles. The largest absolute Gasteiger partial charge is 0.493 e. The molecule has 0 radical (unpaired) electrons. The van der Waals surface area contributed by atoms with Crippen LogP contribution in [0.25, 0.3) is 0 Å². The van der Waals surface area contributed by atoms with E-state index in [0.29, 0.717) is 22.9 Å². The van der Waals surface area contributed by atoms with Crippen molar-refractivity contribution in [2.75, 3.05) is 26.6 Å².